The van der Waals surface area contributed by atoms with Gasteiger partial charge in [0.15, 0.2) is 0 Å². The van der Waals surface area contributed by atoms with E-state index in [1.807, 2.05) is 57.2 Å². The highest BCUT2D eigenvalue weighted by molar-refractivity contribution is 7.21. The Balaban J connectivity index is 1.70. The summed E-state index contributed by atoms with van der Waals surface area (Å²) in [6, 6.07) is 11.1. The van der Waals surface area contributed by atoms with E-state index in [-0.39, 0.29) is 18.5 Å². The number of hydrogen-bond acceptors (Lipinski definition) is 5. The fourth-order valence-electron chi connectivity index (χ4n) is 2.65. The van der Waals surface area contributed by atoms with Crippen molar-refractivity contribution in [2.45, 2.75) is 39.3 Å². The largest absolute Gasteiger partial charge is 0.333 e. The van der Waals surface area contributed by atoms with Crippen molar-refractivity contribution in [3.63, 3.8) is 0 Å². The number of aromatic nitrogens is 2. The number of rotatable bonds is 4. The molecule has 3 amide bonds. The van der Waals surface area contributed by atoms with Gasteiger partial charge < -0.3 is 5.32 Å². The van der Waals surface area contributed by atoms with E-state index in [2.05, 4.69) is 15.6 Å². The summed E-state index contributed by atoms with van der Waals surface area (Å²) in [7, 11) is 0. The van der Waals surface area contributed by atoms with Crippen LogP contribution in [0.15, 0.2) is 47.5 Å². The van der Waals surface area contributed by atoms with Crippen molar-refractivity contribution in [2.75, 3.05) is 0 Å². The molecule has 8 heteroatoms. The lowest BCUT2D eigenvalue weighted by Crippen LogP contribution is -2.48. The number of nitrogens with one attached hydrogen (secondary N) is 2. The second-order valence-electron chi connectivity index (χ2n) is 7.44. The SMILES string of the molecule is CC(C)(C)NC(=O)NC(=O)CCn1cnc2sc(-c3ccccc3)cc2c1=O. The minimum atomic E-state index is -0.552. The zero-order valence-corrected chi connectivity index (χ0v) is 16.8. The molecule has 0 aliphatic carbocycles. The van der Waals surface area contributed by atoms with Crippen LogP contribution in [0.2, 0.25) is 0 Å². The summed E-state index contributed by atoms with van der Waals surface area (Å²) in [5.41, 5.74) is 0.391. The van der Waals surface area contributed by atoms with E-state index in [1.165, 1.54) is 22.2 Å². The standard InChI is InChI=1S/C20H22N4O3S/c1-20(2,3)23-19(27)22-16(25)9-10-24-12-21-17-14(18(24)26)11-15(28-17)13-7-5-4-6-8-13/h4-8,11-12H,9-10H2,1-3H3,(H2,22,23,25,27). The van der Waals surface area contributed by atoms with Crippen LogP contribution in [0.25, 0.3) is 20.7 Å². The number of thiophene rings is 1. The number of aryl methyl sites for hydroxylation is 1. The maximum absolute atomic E-state index is 12.7. The smallest absolute Gasteiger partial charge is 0.321 e. The van der Waals surface area contributed by atoms with Crippen molar-refractivity contribution in [3.8, 4) is 10.4 Å². The number of carbonyl (C=O) groups excluding carboxylic acids is 2. The van der Waals surface area contributed by atoms with Gasteiger partial charge in [0.1, 0.15) is 4.83 Å². The van der Waals surface area contributed by atoms with Crippen molar-refractivity contribution in [1.82, 2.24) is 20.2 Å². The highest BCUT2D eigenvalue weighted by atomic mass is 32.1. The molecule has 28 heavy (non-hydrogen) atoms. The van der Waals surface area contributed by atoms with Crippen LogP contribution < -0.4 is 16.2 Å². The van der Waals surface area contributed by atoms with E-state index >= 15 is 0 Å². The van der Waals surface area contributed by atoms with Gasteiger partial charge in [-0.1, -0.05) is 30.3 Å². The van der Waals surface area contributed by atoms with Gasteiger partial charge in [0.25, 0.3) is 5.56 Å². The van der Waals surface area contributed by atoms with Gasteiger partial charge in [0.05, 0.1) is 11.7 Å². The highest BCUT2D eigenvalue weighted by Gasteiger charge is 2.16. The van der Waals surface area contributed by atoms with Crippen LogP contribution in [0, 0.1) is 0 Å². The Labute approximate surface area is 166 Å². The van der Waals surface area contributed by atoms with Gasteiger partial charge in [-0.05, 0) is 32.4 Å². The van der Waals surface area contributed by atoms with Gasteiger partial charge in [-0.2, -0.15) is 0 Å². The molecule has 0 unspecified atom stereocenters. The van der Waals surface area contributed by atoms with Crippen LogP contribution in [0.4, 0.5) is 4.79 Å². The number of benzene rings is 1. The molecule has 0 atom stereocenters. The molecule has 3 aromatic rings. The molecular formula is C20H22N4O3S. The van der Waals surface area contributed by atoms with E-state index < -0.39 is 17.5 Å². The molecule has 146 valence electrons. The van der Waals surface area contributed by atoms with Gasteiger partial charge in [-0.15, -0.1) is 11.3 Å². The van der Waals surface area contributed by atoms with Gasteiger partial charge in [0, 0.05) is 23.4 Å². The Hall–Kier alpha value is -3.00. The molecule has 2 N–H and O–H groups in total. The average Bonchev–Trinajstić information content (AvgIpc) is 3.05. The number of imide groups is 1. The first-order valence-corrected chi connectivity index (χ1v) is 9.71. The third kappa shape index (κ3) is 4.83. The second-order valence-corrected chi connectivity index (χ2v) is 8.47. The summed E-state index contributed by atoms with van der Waals surface area (Å²) in [6.45, 7) is 5.61. The normalized spacial score (nSPS) is 11.4. The third-order valence-corrected chi connectivity index (χ3v) is 4.99. The van der Waals surface area contributed by atoms with Gasteiger partial charge in [-0.25, -0.2) is 9.78 Å². The summed E-state index contributed by atoms with van der Waals surface area (Å²) in [6.07, 6.45) is 1.44. The molecular weight excluding hydrogens is 376 g/mol. The quantitative estimate of drug-likeness (QED) is 0.706. The second kappa shape index (κ2) is 7.93. The fraction of sp³-hybridized carbons (Fsp3) is 0.300. The predicted octanol–water partition coefficient (Wildman–Crippen LogP) is 3.14. The van der Waals surface area contributed by atoms with Crippen molar-refractivity contribution in [3.05, 3.63) is 53.1 Å². The topological polar surface area (TPSA) is 93.1 Å². The van der Waals surface area contributed by atoms with Crippen molar-refractivity contribution in [2.24, 2.45) is 0 Å². The lowest BCUT2D eigenvalue weighted by atomic mass is 10.1. The maximum atomic E-state index is 12.7. The third-order valence-electron chi connectivity index (χ3n) is 3.90. The van der Waals surface area contributed by atoms with Crippen LogP contribution in [0.3, 0.4) is 0 Å². The van der Waals surface area contributed by atoms with E-state index in [0.717, 1.165) is 10.4 Å². The minimum Gasteiger partial charge on any atom is -0.333 e. The molecule has 2 heterocycles. The summed E-state index contributed by atoms with van der Waals surface area (Å²) in [5, 5.41) is 5.44. The first-order chi connectivity index (χ1) is 13.2. The van der Waals surface area contributed by atoms with Crippen molar-refractivity contribution >= 4 is 33.5 Å². The lowest BCUT2D eigenvalue weighted by molar-refractivity contribution is -0.120. The Morgan fingerprint density at radius 2 is 1.89 bits per heavy atom. The Bertz CT molecular complexity index is 1060. The molecule has 3 rings (SSSR count). The molecule has 0 fully saturated rings. The Morgan fingerprint density at radius 3 is 2.57 bits per heavy atom. The molecule has 0 aliphatic rings. The lowest BCUT2D eigenvalue weighted by Gasteiger charge is -2.20. The maximum Gasteiger partial charge on any atom is 0.321 e. The fourth-order valence-corrected chi connectivity index (χ4v) is 3.64. The first-order valence-electron chi connectivity index (χ1n) is 8.89. The predicted molar refractivity (Wildman–Crippen MR) is 110 cm³/mol. The van der Waals surface area contributed by atoms with Crippen LogP contribution in [-0.4, -0.2) is 27.0 Å². The van der Waals surface area contributed by atoms with Crippen LogP contribution in [0.5, 0.6) is 0 Å². The summed E-state index contributed by atoms with van der Waals surface area (Å²) in [5.74, 6) is -0.455. The van der Waals surface area contributed by atoms with Gasteiger partial charge in [-0.3, -0.25) is 19.5 Å². The van der Waals surface area contributed by atoms with Crippen LogP contribution >= 0.6 is 11.3 Å². The van der Waals surface area contributed by atoms with Crippen LogP contribution in [0.1, 0.15) is 27.2 Å². The Morgan fingerprint density at radius 1 is 1.18 bits per heavy atom. The zero-order chi connectivity index (χ0) is 20.3. The molecule has 0 aliphatic heterocycles. The number of carbonyl (C=O) groups is 2. The number of amides is 3. The van der Waals surface area contributed by atoms with Crippen molar-refractivity contribution in [1.29, 1.82) is 0 Å². The molecule has 7 nitrogen and oxygen atoms in total. The van der Waals surface area contributed by atoms with E-state index in [1.54, 1.807) is 0 Å². The number of urea groups is 1. The van der Waals surface area contributed by atoms with Crippen molar-refractivity contribution < 1.29 is 9.59 Å². The molecule has 0 spiro atoms. The molecule has 0 saturated heterocycles. The van der Waals surface area contributed by atoms with E-state index in [4.69, 9.17) is 0 Å². The monoisotopic (exact) mass is 398 g/mol. The molecule has 0 saturated carbocycles. The van der Waals surface area contributed by atoms with E-state index in [9.17, 15) is 14.4 Å². The Kier molecular flexibility index (Phi) is 5.60. The van der Waals surface area contributed by atoms with Gasteiger partial charge in [0.2, 0.25) is 5.91 Å². The zero-order valence-electron chi connectivity index (χ0n) is 16.0. The van der Waals surface area contributed by atoms with E-state index in [0.29, 0.717) is 10.2 Å². The molecule has 2 aromatic heterocycles. The highest BCUT2D eigenvalue weighted by Crippen LogP contribution is 2.30. The minimum absolute atomic E-state index is 0.000333. The number of fused-ring (bicyclic) bond motifs is 1. The molecule has 1 aromatic carbocycles. The number of nitrogens with zero attached hydrogens (tertiary/aromatic N) is 2. The summed E-state index contributed by atoms with van der Waals surface area (Å²) >= 11 is 1.45. The van der Waals surface area contributed by atoms with Gasteiger partial charge >= 0.3 is 6.03 Å². The first kappa shape index (κ1) is 19.8. The molecule has 0 radical (unpaired) electrons. The summed E-state index contributed by atoms with van der Waals surface area (Å²) in [4.78, 5) is 42.4. The number of hydrogen-bond donors (Lipinski definition) is 2. The average molecular weight is 398 g/mol. The summed E-state index contributed by atoms with van der Waals surface area (Å²) < 4.78 is 1.39. The van der Waals surface area contributed by atoms with Crippen LogP contribution in [-0.2, 0) is 11.3 Å². The molecule has 0 bridgehead atoms.